The molecule has 0 bridgehead atoms. The fourth-order valence-corrected chi connectivity index (χ4v) is 1.55. The molecule has 4 heteroatoms. The molecule has 100 valence electrons. The lowest BCUT2D eigenvalue weighted by molar-refractivity contribution is 0.0936. The first-order valence-corrected chi connectivity index (χ1v) is 6.78. The van der Waals surface area contributed by atoms with E-state index in [4.69, 9.17) is 0 Å². The van der Waals surface area contributed by atoms with Crippen LogP contribution in [0.15, 0.2) is 22.7 Å². The van der Waals surface area contributed by atoms with Crippen molar-refractivity contribution in [2.24, 2.45) is 11.3 Å². The normalized spacial score (nSPS) is 13.2. The van der Waals surface area contributed by atoms with Crippen LogP contribution in [0, 0.1) is 11.3 Å². The van der Waals surface area contributed by atoms with E-state index in [1.807, 2.05) is 0 Å². The highest BCUT2D eigenvalue weighted by Crippen LogP contribution is 2.25. The second kappa shape index (κ2) is 5.74. The Morgan fingerprint density at radius 3 is 2.56 bits per heavy atom. The smallest absolute Gasteiger partial charge is 0.251 e. The highest BCUT2D eigenvalue weighted by Gasteiger charge is 2.20. The highest BCUT2D eigenvalue weighted by atomic mass is 79.9. The van der Waals surface area contributed by atoms with Crippen LogP contribution in [0.2, 0.25) is 0 Å². The standard InChI is InChI=1S/C14H20BrNO2/c1-9(14(2,3)4)8-16-13(18)10-5-6-11(15)12(17)7-10/h5-7,9,17H,8H2,1-4H3,(H,16,18). The Morgan fingerprint density at radius 2 is 2.06 bits per heavy atom. The number of halogens is 1. The largest absolute Gasteiger partial charge is 0.507 e. The lowest BCUT2D eigenvalue weighted by atomic mass is 9.82. The van der Waals surface area contributed by atoms with Gasteiger partial charge in [-0.1, -0.05) is 27.7 Å². The van der Waals surface area contributed by atoms with Gasteiger partial charge < -0.3 is 10.4 Å². The number of carbonyl (C=O) groups is 1. The number of amides is 1. The zero-order chi connectivity index (χ0) is 13.9. The molecule has 0 saturated carbocycles. The summed E-state index contributed by atoms with van der Waals surface area (Å²) in [5, 5.41) is 12.4. The summed E-state index contributed by atoms with van der Waals surface area (Å²) in [6.07, 6.45) is 0. The molecule has 2 N–H and O–H groups in total. The molecular weight excluding hydrogens is 294 g/mol. The Labute approximate surface area is 117 Å². The maximum Gasteiger partial charge on any atom is 0.251 e. The number of hydrogen-bond acceptors (Lipinski definition) is 2. The van der Waals surface area contributed by atoms with Gasteiger partial charge >= 0.3 is 0 Å². The van der Waals surface area contributed by atoms with Crippen LogP contribution in [0.1, 0.15) is 38.1 Å². The summed E-state index contributed by atoms with van der Waals surface area (Å²) >= 11 is 3.19. The van der Waals surface area contributed by atoms with Gasteiger partial charge in [0.2, 0.25) is 0 Å². The van der Waals surface area contributed by atoms with Gasteiger partial charge in [0, 0.05) is 12.1 Å². The molecule has 0 saturated heterocycles. The van der Waals surface area contributed by atoms with Crippen molar-refractivity contribution in [2.75, 3.05) is 6.54 Å². The summed E-state index contributed by atoms with van der Waals surface area (Å²) in [5.41, 5.74) is 0.631. The third-order valence-electron chi connectivity index (χ3n) is 3.26. The Kier molecular flexibility index (Phi) is 4.79. The van der Waals surface area contributed by atoms with E-state index in [9.17, 15) is 9.90 Å². The molecule has 1 aromatic rings. The van der Waals surface area contributed by atoms with E-state index in [2.05, 4.69) is 48.9 Å². The van der Waals surface area contributed by atoms with Crippen molar-refractivity contribution in [2.45, 2.75) is 27.7 Å². The predicted molar refractivity (Wildman–Crippen MR) is 76.8 cm³/mol. The topological polar surface area (TPSA) is 49.3 Å². The number of rotatable bonds is 3. The van der Waals surface area contributed by atoms with Crippen molar-refractivity contribution in [3.05, 3.63) is 28.2 Å². The molecule has 18 heavy (non-hydrogen) atoms. The van der Waals surface area contributed by atoms with Crippen molar-refractivity contribution in [3.8, 4) is 5.75 Å². The zero-order valence-electron chi connectivity index (χ0n) is 11.2. The molecule has 0 radical (unpaired) electrons. The number of carbonyl (C=O) groups excluding carboxylic acids is 1. The van der Waals surface area contributed by atoms with Gasteiger partial charge in [-0.2, -0.15) is 0 Å². The summed E-state index contributed by atoms with van der Waals surface area (Å²) < 4.78 is 0.585. The monoisotopic (exact) mass is 313 g/mol. The molecule has 1 unspecified atom stereocenters. The minimum absolute atomic E-state index is 0.0755. The van der Waals surface area contributed by atoms with Crippen LogP contribution in [0.25, 0.3) is 0 Å². The molecule has 3 nitrogen and oxygen atoms in total. The molecule has 1 rings (SSSR count). The summed E-state index contributed by atoms with van der Waals surface area (Å²) in [4.78, 5) is 11.9. The molecule has 0 aromatic heterocycles. The molecule has 1 atom stereocenters. The van der Waals surface area contributed by atoms with Gasteiger partial charge in [-0.3, -0.25) is 4.79 Å². The van der Waals surface area contributed by atoms with Crippen LogP contribution >= 0.6 is 15.9 Å². The minimum Gasteiger partial charge on any atom is -0.507 e. The van der Waals surface area contributed by atoms with Gasteiger partial charge in [-0.15, -0.1) is 0 Å². The molecule has 0 aliphatic heterocycles. The first-order valence-electron chi connectivity index (χ1n) is 5.98. The second-order valence-electron chi connectivity index (χ2n) is 5.64. The van der Waals surface area contributed by atoms with Crippen molar-refractivity contribution >= 4 is 21.8 Å². The van der Waals surface area contributed by atoms with Gasteiger partial charge in [-0.05, 0) is 45.5 Å². The van der Waals surface area contributed by atoms with Crippen LogP contribution in [0.5, 0.6) is 5.75 Å². The van der Waals surface area contributed by atoms with E-state index in [-0.39, 0.29) is 17.1 Å². The van der Waals surface area contributed by atoms with Crippen LogP contribution in [0.3, 0.4) is 0 Å². The molecule has 1 amide bonds. The molecule has 1 aromatic carbocycles. The van der Waals surface area contributed by atoms with Gasteiger partial charge in [-0.25, -0.2) is 0 Å². The van der Waals surface area contributed by atoms with Crippen LogP contribution in [-0.2, 0) is 0 Å². The van der Waals surface area contributed by atoms with E-state index in [0.717, 1.165) is 0 Å². The first kappa shape index (κ1) is 15.0. The van der Waals surface area contributed by atoms with Crippen LogP contribution < -0.4 is 5.32 Å². The molecule has 0 aliphatic rings. The highest BCUT2D eigenvalue weighted by molar-refractivity contribution is 9.10. The van der Waals surface area contributed by atoms with Crippen molar-refractivity contribution < 1.29 is 9.90 Å². The third kappa shape index (κ3) is 4.02. The van der Waals surface area contributed by atoms with E-state index >= 15 is 0 Å². The van der Waals surface area contributed by atoms with Crippen LogP contribution in [0.4, 0.5) is 0 Å². The Balaban J connectivity index is 2.63. The number of aromatic hydroxyl groups is 1. The average molecular weight is 314 g/mol. The first-order chi connectivity index (χ1) is 8.21. The molecule has 0 spiro atoms. The summed E-state index contributed by atoms with van der Waals surface area (Å²) in [5.74, 6) is 0.297. The van der Waals surface area contributed by atoms with E-state index in [0.29, 0.717) is 22.5 Å². The zero-order valence-corrected chi connectivity index (χ0v) is 12.8. The number of benzene rings is 1. The number of phenolic OH excluding ortho intramolecular Hbond substituents is 1. The summed E-state index contributed by atoms with van der Waals surface area (Å²) in [6, 6.07) is 4.81. The third-order valence-corrected chi connectivity index (χ3v) is 3.93. The fourth-order valence-electron chi connectivity index (χ4n) is 1.31. The predicted octanol–water partition coefficient (Wildman–Crippen LogP) is 3.57. The molecule has 0 aliphatic carbocycles. The van der Waals surface area contributed by atoms with E-state index in [1.54, 1.807) is 12.1 Å². The second-order valence-corrected chi connectivity index (χ2v) is 6.50. The van der Waals surface area contributed by atoms with Gasteiger partial charge in [0.25, 0.3) is 5.91 Å². The van der Waals surface area contributed by atoms with Gasteiger partial charge in [0.1, 0.15) is 5.75 Å². The Bertz CT molecular complexity index is 438. The molecule has 0 heterocycles. The van der Waals surface area contributed by atoms with E-state index in [1.165, 1.54) is 6.07 Å². The van der Waals surface area contributed by atoms with Gasteiger partial charge in [0.05, 0.1) is 4.47 Å². The summed E-state index contributed by atoms with van der Waals surface area (Å²) in [7, 11) is 0. The van der Waals surface area contributed by atoms with E-state index < -0.39 is 0 Å². The van der Waals surface area contributed by atoms with Crippen molar-refractivity contribution in [1.29, 1.82) is 0 Å². The maximum atomic E-state index is 11.9. The van der Waals surface area contributed by atoms with Crippen molar-refractivity contribution in [3.63, 3.8) is 0 Å². The van der Waals surface area contributed by atoms with Crippen molar-refractivity contribution in [1.82, 2.24) is 5.32 Å². The number of hydrogen-bond donors (Lipinski definition) is 2. The SMILES string of the molecule is CC(CNC(=O)c1ccc(Br)c(O)c1)C(C)(C)C. The average Bonchev–Trinajstić information content (AvgIpc) is 2.27. The minimum atomic E-state index is -0.158. The molecule has 0 fully saturated rings. The number of nitrogens with one attached hydrogen (secondary N) is 1. The quantitative estimate of drug-likeness (QED) is 0.896. The van der Waals surface area contributed by atoms with Gasteiger partial charge in [0.15, 0.2) is 0 Å². The maximum absolute atomic E-state index is 11.9. The lowest BCUT2D eigenvalue weighted by Gasteiger charge is -2.27. The fraction of sp³-hybridized carbons (Fsp3) is 0.500. The van der Waals surface area contributed by atoms with Crippen LogP contribution in [-0.4, -0.2) is 17.6 Å². The summed E-state index contributed by atoms with van der Waals surface area (Å²) in [6.45, 7) is 9.18. The lowest BCUT2D eigenvalue weighted by Crippen LogP contribution is -2.33. The molecular formula is C14H20BrNO2. The Morgan fingerprint density at radius 1 is 1.44 bits per heavy atom. The Hall–Kier alpha value is -1.03. The number of phenols is 1.